The van der Waals surface area contributed by atoms with Crippen molar-refractivity contribution in [2.75, 3.05) is 6.54 Å². The van der Waals surface area contributed by atoms with Crippen LogP contribution in [0.2, 0.25) is 0 Å². The lowest BCUT2D eigenvalue weighted by molar-refractivity contribution is 0.545. The van der Waals surface area contributed by atoms with Gasteiger partial charge < -0.3 is 9.73 Å². The number of rotatable bonds is 6. The minimum atomic E-state index is 0.759. The van der Waals surface area contributed by atoms with Gasteiger partial charge in [-0.05, 0) is 26.0 Å². The van der Waals surface area contributed by atoms with Gasteiger partial charge in [-0.3, -0.25) is 5.10 Å². The molecule has 0 amide bonds. The molecule has 3 aromatic heterocycles. The van der Waals surface area contributed by atoms with E-state index in [1.807, 2.05) is 32.2 Å². The lowest BCUT2D eigenvalue weighted by Gasteiger charge is -2.03. The SMILES string of the molecule is Cc1ccc(-c2[nH]ncc2CNCCc2csc(C)n2)o1. The lowest BCUT2D eigenvalue weighted by atomic mass is 10.2. The zero-order valence-corrected chi connectivity index (χ0v) is 13.0. The molecule has 0 aromatic carbocycles. The number of thiazole rings is 1. The van der Waals surface area contributed by atoms with Crippen LogP contribution in [-0.2, 0) is 13.0 Å². The first-order chi connectivity index (χ1) is 10.2. The Hall–Kier alpha value is -1.92. The smallest absolute Gasteiger partial charge is 0.152 e. The molecule has 2 N–H and O–H groups in total. The summed E-state index contributed by atoms with van der Waals surface area (Å²) in [6.07, 6.45) is 2.78. The molecule has 3 rings (SSSR count). The van der Waals surface area contributed by atoms with Crippen LogP contribution in [0.4, 0.5) is 0 Å². The first-order valence-corrected chi connectivity index (χ1v) is 7.81. The Morgan fingerprint density at radius 1 is 1.33 bits per heavy atom. The normalized spacial score (nSPS) is 11.1. The average molecular weight is 302 g/mol. The first kappa shape index (κ1) is 14.0. The summed E-state index contributed by atoms with van der Waals surface area (Å²) in [5.41, 5.74) is 3.21. The van der Waals surface area contributed by atoms with Gasteiger partial charge >= 0.3 is 0 Å². The van der Waals surface area contributed by atoms with Crippen molar-refractivity contribution in [2.24, 2.45) is 0 Å². The van der Waals surface area contributed by atoms with E-state index in [-0.39, 0.29) is 0 Å². The minimum absolute atomic E-state index is 0.759. The van der Waals surface area contributed by atoms with Crippen LogP contribution in [0.3, 0.4) is 0 Å². The number of hydrogen-bond donors (Lipinski definition) is 2. The number of nitrogens with zero attached hydrogens (tertiary/aromatic N) is 2. The highest BCUT2D eigenvalue weighted by molar-refractivity contribution is 7.09. The highest BCUT2D eigenvalue weighted by atomic mass is 32.1. The molecule has 0 atom stereocenters. The summed E-state index contributed by atoms with van der Waals surface area (Å²) in [5, 5.41) is 13.8. The van der Waals surface area contributed by atoms with Gasteiger partial charge in [0.2, 0.25) is 0 Å². The van der Waals surface area contributed by atoms with Crippen molar-refractivity contribution in [3.63, 3.8) is 0 Å². The topological polar surface area (TPSA) is 66.7 Å². The molecule has 0 saturated heterocycles. The van der Waals surface area contributed by atoms with Crippen molar-refractivity contribution in [1.82, 2.24) is 20.5 Å². The van der Waals surface area contributed by atoms with Gasteiger partial charge in [0.25, 0.3) is 0 Å². The Balaban J connectivity index is 1.55. The third-order valence-corrected chi connectivity index (χ3v) is 4.07. The Bertz CT molecular complexity index is 713. The van der Waals surface area contributed by atoms with Crippen LogP contribution >= 0.6 is 11.3 Å². The van der Waals surface area contributed by atoms with Crippen LogP contribution in [0, 0.1) is 13.8 Å². The third-order valence-electron chi connectivity index (χ3n) is 3.24. The van der Waals surface area contributed by atoms with Gasteiger partial charge in [0.15, 0.2) is 5.76 Å². The van der Waals surface area contributed by atoms with E-state index >= 15 is 0 Å². The molecular formula is C15H18N4OS. The largest absolute Gasteiger partial charge is 0.460 e. The molecule has 0 spiro atoms. The summed E-state index contributed by atoms with van der Waals surface area (Å²) in [6, 6.07) is 3.92. The second-order valence-corrected chi connectivity index (χ2v) is 6.03. The van der Waals surface area contributed by atoms with Crippen LogP contribution in [0.15, 0.2) is 28.1 Å². The number of aryl methyl sites for hydroxylation is 2. The Morgan fingerprint density at radius 2 is 2.24 bits per heavy atom. The van der Waals surface area contributed by atoms with Crippen molar-refractivity contribution in [1.29, 1.82) is 0 Å². The molecule has 110 valence electrons. The molecule has 0 bridgehead atoms. The molecule has 5 nitrogen and oxygen atoms in total. The fraction of sp³-hybridized carbons (Fsp3) is 0.333. The van der Waals surface area contributed by atoms with Crippen molar-refractivity contribution < 1.29 is 4.42 Å². The van der Waals surface area contributed by atoms with Gasteiger partial charge in [-0.1, -0.05) is 0 Å². The first-order valence-electron chi connectivity index (χ1n) is 6.93. The molecule has 0 aliphatic rings. The number of aromatic nitrogens is 3. The van der Waals surface area contributed by atoms with Gasteiger partial charge in [0, 0.05) is 30.5 Å². The molecule has 21 heavy (non-hydrogen) atoms. The quantitative estimate of drug-likeness (QED) is 0.687. The number of furan rings is 1. The van der Waals surface area contributed by atoms with Crippen LogP contribution in [0.25, 0.3) is 11.5 Å². The monoisotopic (exact) mass is 302 g/mol. The molecule has 0 unspecified atom stereocenters. The maximum absolute atomic E-state index is 5.64. The van der Waals surface area contributed by atoms with E-state index in [2.05, 4.69) is 25.9 Å². The van der Waals surface area contributed by atoms with Crippen molar-refractivity contribution >= 4 is 11.3 Å². The molecule has 0 aliphatic carbocycles. The van der Waals surface area contributed by atoms with Crippen molar-refractivity contribution in [3.05, 3.63) is 45.7 Å². The van der Waals surface area contributed by atoms with E-state index in [0.717, 1.165) is 53.0 Å². The van der Waals surface area contributed by atoms with E-state index in [1.165, 1.54) is 0 Å². The number of aromatic amines is 1. The average Bonchev–Trinajstić information content (AvgIpc) is 3.16. The van der Waals surface area contributed by atoms with Crippen LogP contribution < -0.4 is 5.32 Å². The van der Waals surface area contributed by atoms with E-state index in [1.54, 1.807) is 11.3 Å². The fourth-order valence-corrected chi connectivity index (χ4v) is 2.84. The number of nitrogens with one attached hydrogen (secondary N) is 2. The summed E-state index contributed by atoms with van der Waals surface area (Å²) in [7, 11) is 0. The van der Waals surface area contributed by atoms with Crippen molar-refractivity contribution in [3.8, 4) is 11.5 Å². The van der Waals surface area contributed by atoms with E-state index in [9.17, 15) is 0 Å². The third kappa shape index (κ3) is 3.40. The van der Waals surface area contributed by atoms with E-state index < -0.39 is 0 Å². The molecular weight excluding hydrogens is 284 g/mol. The van der Waals surface area contributed by atoms with Gasteiger partial charge in [-0.25, -0.2) is 4.98 Å². The van der Waals surface area contributed by atoms with Gasteiger partial charge in [-0.15, -0.1) is 11.3 Å². The second kappa shape index (κ2) is 6.24. The molecule has 0 radical (unpaired) electrons. The molecule has 0 fully saturated rings. The fourth-order valence-electron chi connectivity index (χ4n) is 2.19. The maximum Gasteiger partial charge on any atom is 0.152 e. The van der Waals surface area contributed by atoms with E-state index in [4.69, 9.17) is 4.42 Å². The Labute approximate surface area is 127 Å². The standard InChI is InChI=1S/C15H18N4OS/c1-10-3-4-14(20-10)15-12(8-17-19-15)7-16-6-5-13-9-21-11(2)18-13/h3-4,8-9,16H,5-7H2,1-2H3,(H,17,19). The van der Waals surface area contributed by atoms with Crippen LogP contribution in [0.1, 0.15) is 22.0 Å². The summed E-state index contributed by atoms with van der Waals surface area (Å²) in [4.78, 5) is 4.46. The lowest BCUT2D eigenvalue weighted by Crippen LogP contribution is -2.16. The maximum atomic E-state index is 5.64. The highest BCUT2D eigenvalue weighted by Crippen LogP contribution is 2.23. The van der Waals surface area contributed by atoms with Gasteiger partial charge in [-0.2, -0.15) is 5.10 Å². The summed E-state index contributed by atoms with van der Waals surface area (Å²) >= 11 is 1.70. The molecule has 0 aliphatic heterocycles. The molecule has 3 heterocycles. The predicted molar refractivity (Wildman–Crippen MR) is 83.3 cm³/mol. The minimum Gasteiger partial charge on any atom is -0.460 e. The second-order valence-electron chi connectivity index (χ2n) is 4.97. The van der Waals surface area contributed by atoms with Gasteiger partial charge in [0.1, 0.15) is 11.5 Å². The van der Waals surface area contributed by atoms with Crippen LogP contribution in [0.5, 0.6) is 0 Å². The zero-order valence-electron chi connectivity index (χ0n) is 12.1. The number of hydrogen-bond acceptors (Lipinski definition) is 5. The van der Waals surface area contributed by atoms with Crippen molar-refractivity contribution in [2.45, 2.75) is 26.8 Å². The summed E-state index contributed by atoms with van der Waals surface area (Å²) in [6.45, 7) is 5.62. The Kier molecular flexibility index (Phi) is 4.17. The molecule has 3 aromatic rings. The van der Waals surface area contributed by atoms with Gasteiger partial charge in [0.05, 0.1) is 16.9 Å². The Morgan fingerprint density at radius 3 is 2.95 bits per heavy atom. The zero-order chi connectivity index (χ0) is 14.7. The number of H-pyrrole nitrogens is 1. The molecule has 0 saturated carbocycles. The van der Waals surface area contributed by atoms with E-state index in [0.29, 0.717) is 0 Å². The highest BCUT2D eigenvalue weighted by Gasteiger charge is 2.10. The van der Waals surface area contributed by atoms with Crippen LogP contribution in [-0.4, -0.2) is 21.7 Å². The molecule has 6 heteroatoms. The summed E-state index contributed by atoms with van der Waals surface area (Å²) < 4.78 is 5.64. The predicted octanol–water partition coefficient (Wildman–Crippen LogP) is 3.08. The summed E-state index contributed by atoms with van der Waals surface area (Å²) in [5.74, 6) is 1.73.